The number of ketones is 1. The van der Waals surface area contributed by atoms with E-state index >= 15 is 0 Å². The molecule has 1 amide bonds. The van der Waals surface area contributed by atoms with Crippen LogP contribution in [0.5, 0.6) is 0 Å². The van der Waals surface area contributed by atoms with Gasteiger partial charge in [-0.2, -0.15) is 0 Å². The number of nitrogens with zero attached hydrogens (tertiary/aromatic N) is 1. The van der Waals surface area contributed by atoms with Crippen LogP contribution in [0.3, 0.4) is 0 Å². The molecule has 3 aromatic carbocycles. The molecule has 0 aromatic heterocycles. The number of anilines is 1. The number of carbonyl (C=O) groups is 4. The molecule has 1 aliphatic rings. The normalized spacial score (nSPS) is 16.1. The van der Waals surface area contributed by atoms with Crippen LogP contribution in [0.2, 0.25) is 5.02 Å². The van der Waals surface area contributed by atoms with Crippen molar-refractivity contribution in [2.24, 2.45) is 11.8 Å². The van der Waals surface area contributed by atoms with Gasteiger partial charge in [0.25, 0.3) is 0 Å². The highest BCUT2D eigenvalue weighted by Crippen LogP contribution is 2.29. The number of nitrogens with one attached hydrogen (secondary N) is 1. The number of carbonyl (C=O) groups excluding carboxylic acids is 3. The van der Waals surface area contributed by atoms with Crippen molar-refractivity contribution in [2.45, 2.75) is 38.6 Å². The Kier molecular flexibility index (Phi) is 9.56. The highest BCUT2D eigenvalue weighted by atomic mass is 35.5. The van der Waals surface area contributed by atoms with Crippen LogP contribution in [0.4, 0.5) is 5.69 Å². The molecule has 4 rings (SSSR count). The number of aliphatic carboxylic acids is 1. The fourth-order valence-electron chi connectivity index (χ4n) is 4.99. The lowest BCUT2D eigenvalue weighted by atomic mass is 9.83. The van der Waals surface area contributed by atoms with Crippen LogP contribution < -0.4 is 5.48 Å². The van der Waals surface area contributed by atoms with Crippen molar-refractivity contribution in [1.29, 1.82) is 0 Å². The number of halogens is 1. The molecular weight excluding hydrogens is 532 g/mol. The average Bonchev–Trinajstić information content (AvgIpc) is 3.46. The number of benzene rings is 3. The SMILES string of the molecule is CCC(CC(=O)c1ccc(-c2ccc(Cl)cc2)cc1)C(C(=O)O)C(=O)N1CCCC1C(=O)ONc1ccccc1. The fourth-order valence-corrected chi connectivity index (χ4v) is 5.12. The standard InChI is InChI=1S/C31H31ClN2O6/c1-2-20(19-27(35)23-12-10-21(11-13-23)22-14-16-24(32)17-15-22)28(30(37)38)29(36)34-18-6-9-26(34)31(39)40-33-25-7-4-3-5-8-25/h3-5,7-8,10-17,20,26,28,33H,2,6,9,18-19H2,1H3,(H,37,38). The van der Waals surface area contributed by atoms with E-state index in [4.69, 9.17) is 16.4 Å². The smallest absolute Gasteiger partial charge is 0.354 e. The maximum Gasteiger partial charge on any atom is 0.354 e. The first kappa shape index (κ1) is 28.8. The van der Waals surface area contributed by atoms with Crippen molar-refractivity contribution in [3.63, 3.8) is 0 Å². The minimum atomic E-state index is -1.46. The Morgan fingerprint density at radius 1 is 0.975 bits per heavy atom. The highest BCUT2D eigenvalue weighted by molar-refractivity contribution is 6.30. The van der Waals surface area contributed by atoms with E-state index in [1.165, 1.54) is 4.90 Å². The van der Waals surface area contributed by atoms with Gasteiger partial charge in [0.15, 0.2) is 5.78 Å². The van der Waals surface area contributed by atoms with Crippen molar-refractivity contribution < 1.29 is 29.1 Å². The van der Waals surface area contributed by atoms with E-state index in [1.807, 2.05) is 30.3 Å². The molecule has 40 heavy (non-hydrogen) atoms. The van der Waals surface area contributed by atoms with Gasteiger partial charge in [0.1, 0.15) is 12.0 Å². The molecule has 3 unspecified atom stereocenters. The summed E-state index contributed by atoms with van der Waals surface area (Å²) in [5, 5.41) is 10.7. The number of rotatable bonds is 11. The van der Waals surface area contributed by atoms with Gasteiger partial charge < -0.3 is 14.8 Å². The maximum absolute atomic E-state index is 13.5. The van der Waals surface area contributed by atoms with E-state index in [0.717, 1.165) is 11.1 Å². The molecule has 1 fully saturated rings. The first-order valence-electron chi connectivity index (χ1n) is 13.2. The zero-order valence-electron chi connectivity index (χ0n) is 22.1. The summed E-state index contributed by atoms with van der Waals surface area (Å²) in [4.78, 5) is 58.3. The maximum atomic E-state index is 13.5. The molecule has 0 bridgehead atoms. The number of likely N-dealkylation sites (tertiary alicyclic amines) is 1. The summed E-state index contributed by atoms with van der Waals surface area (Å²) in [5.41, 5.74) is 5.43. The predicted octanol–water partition coefficient (Wildman–Crippen LogP) is 5.87. The molecule has 0 aliphatic carbocycles. The van der Waals surface area contributed by atoms with Gasteiger partial charge in [-0.15, -0.1) is 0 Å². The molecule has 1 saturated heterocycles. The van der Waals surface area contributed by atoms with E-state index in [2.05, 4.69) is 5.48 Å². The van der Waals surface area contributed by atoms with E-state index < -0.39 is 35.7 Å². The Balaban J connectivity index is 1.43. The van der Waals surface area contributed by atoms with Gasteiger partial charge in [0.2, 0.25) is 5.91 Å². The van der Waals surface area contributed by atoms with E-state index in [9.17, 15) is 24.3 Å². The Hall–Kier alpha value is -4.17. The van der Waals surface area contributed by atoms with Crippen molar-refractivity contribution in [3.8, 4) is 11.1 Å². The first-order chi connectivity index (χ1) is 19.3. The third-order valence-electron chi connectivity index (χ3n) is 7.21. The number of hydrogen-bond donors (Lipinski definition) is 2. The second-order valence-corrected chi connectivity index (χ2v) is 10.2. The Bertz CT molecular complexity index is 1340. The Labute approximate surface area is 237 Å². The molecule has 1 heterocycles. The summed E-state index contributed by atoms with van der Waals surface area (Å²) in [6, 6.07) is 22.3. The largest absolute Gasteiger partial charge is 0.481 e. The molecule has 9 heteroatoms. The Morgan fingerprint density at radius 3 is 2.20 bits per heavy atom. The molecule has 3 atom stereocenters. The lowest BCUT2D eigenvalue weighted by molar-refractivity contribution is -0.159. The van der Waals surface area contributed by atoms with Crippen LogP contribution >= 0.6 is 11.6 Å². The molecule has 208 valence electrons. The third-order valence-corrected chi connectivity index (χ3v) is 7.46. The number of Topliss-reactive ketones (excluding diaryl/α,β-unsaturated/α-hetero) is 1. The lowest BCUT2D eigenvalue weighted by Gasteiger charge is -2.29. The van der Waals surface area contributed by atoms with Gasteiger partial charge in [-0.25, -0.2) is 10.3 Å². The lowest BCUT2D eigenvalue weighted by Crippen LogP contribution is -2.48. The van der Waals surface area contributed by atoms with Crippen LogP contribution in [-0.4, -0.2) is 46.2 Å². The van der Waals surface area contributed by atoms with Crippen molar-refractivity contribution in [1.82, 2.24) is 4.90 Å². The molecule has 2 N–H and O–H groups in total. The summed E-state index contributed by atoms with van der Waals surface area (Å²) in [6.07, 6.45) is 1.09. The summed E-state index contributed by atoms with van der Waals surface area (Å²) in [5.74, 6) is -5.11. The molecular formula is C31H31ClN2O6. The van der Waals surface area contributed by atoms with Crippen LogP contribution in [0, 0.1) is 11.8 Å². The minimum Gasteiger partial charge on any atom is -0.481 e. The summed E-state index contributed by atoms with van der Waals surface area (Å²) >= 11 is 5.96. The van der Waals surface area contributed by atoms with Gasteiger partial charge in [-0.3, -0.25) is 14.4 Å². The highest BCUT2D eigenvalue weighted by Gasteiger charge is 2.44. The van der Waals surface area contributed by atoms with Gasteiger partial charge >= 0.3 is 11.9 Å². The monoisotopic (exact) mass is 562 g/mol. The number of para-hydroxylation sites is 1. The predicted molar refractivity (Wildman–Crippen MR) is 152 cm³/mol. The molecule has 0 radical (unpaired) electrons. The van der Waals surface area contributed by atoms with E-state index in [-0.39, 0.29) is 18.7 Å². The fraction of sp³-hybridized carbons (Fsp3) is 0.290. The van der Waals surface area contributed by atoms with Crippen LogP contribution in [-0.2, 0) is 19.2 Å². The van der Waals surface area contributed by atoms with Gasteiger partial charge in [-0.05, 0) is 54.2 Å². The topological polar surface area (TPSA) is 113 Å². The molecule has 0 spiro atoms. The summed E-state index contributed by atoms with van der Waals surface area (Å²) in [6.45, 7) is 1.99. The Morgan fingerprint density at radius 2 is 1.60 bits per heavy atom. The van der Waals surface area contributed by atoms with Crippen LogP contribution in [0.1, 0.15) is 43.0 Å². The van der Waals surface area contributed by atoms with Gasteiger partial charge in [-0.1, -0.05) is 79.5 Å². The molecule has 3 aromatic rings. The first-order valence-corrected chi connectivity index (χ1v) is 13.6. The van der Waals surface area contributed by atoms with Crippen molar-refractivity contribution in [2.75, 3.05) is 12.0 Å². The van der Waals surface area contributed by atoms with Crippen LogP contribution in [0.15, 0.2) is 78.9 Å². The minimum absolute atomic E-state index is 0.113. The number of amides is 1. The summed E-state index contributed by atoms with van der Waals surface area (Å²) in [7, 11) is 0. The number of carboxylic acids is 1. The second-order valence-electron chi connectivity index (χ2n) is 9.77. The van der Waals surface area contributed by atoms with Crippen molar-refractivity contribution in [3.05, 3.63) is 89.4 Å². The summed E-state index contributed by atoms with van der Waals surface area (Å²) < 4.78 is 0. The zero-order valence-corrected chi connectivity index (χ0v) is 22.8. The van der Waals surface area contributed by atoms with Gasteiger partial charge in [0.05, 0.1) is 5.69 Å². The molecule has 1 aliphatic heterocycles. The quantitative estimate of drug-likeness (QED) is 0.171. The molecule has 8 nitrogen and oxygen atoms in total. The van der Waals surface area contributed by atoms with E-state index in [0.29, 0.717) is 35.5 Å². The number of carboxylic acid groups (broad SMARTS) is 1. The third kappa shape index (κ3) is 6.87. The molecule has 0 saturated carbocycles. The van der Waals surface area contributed by atoms with Crippen molar-refractivity contribution >= 4 is 40.9 Å². The zero-order chi connectivity index (χ0) is 28.6. The number of hydrogen-bond acceptors (Lipinski definition) is 6. The van der Waals surface area contributed by atoms with Crippen LogP contribution in [0.25, 0.3) is 11.1 Å². The second kappa shape index (κ2) is 13.3. The average molecular weight is 563 g/mol. The van der Waals surface area contributed by atoms with E-state index in [1.54, 1.807) is 55.5 Å². The van der Waals surface area contributed by atoms with Gasteiger partial charge in [0, 0.05) is 23.6 Å².